The molecule has 1 N–H and O–H groups in total. The molecule has 8 heteroatoms. The molecule has 1 aliphatic rings. The smallest absolute Gasteiger partial charge is 0.273 e. The number of aryl methyl sites for hydroxylation is 1. The Hall–Kier alpha value is -3.52. The summed E-state index contributed by atoms with van der Waals surface area (Å²) >= 11 is 0. The maximum absolute atomic E-state index is 13.2. The first-order chi connectivity index (χ1) is 14.5. The standard InChI is InChI=1S/C22H22N4O4/c1-14-4-6-15(7-5-14)19-18-20(24-23-19)22(27)25(12-3-13-30-2)21(18)16-8-10-17(11-9-16)26(28)29/h4-11,21H,3,12-13H2,1-2H3,(H,23,24). The molecule has 0 saturated carbocycles. The van der Waals surface area contributed by atoms with Crippen molar-refractivity contribution in [2.24, 2.45) is 0 Å². The molecular formula is C22H22N4O4. The number of hydrogen-bond donors (Lipinski definition) is 1. The van der Waals surface area contributed by atoms with Gasteiger partial charge in [-0.15, -0.1) is 0 Å². The van der Waals surface area contributed by atoms with E-state index in [1.54, 1.807) is 24.1 Å². The molecule has 30 heavy (non-hydrogen) atoms. The van der Waals surface area contributed by atoms with Gasteiger partial charge in [0, 0.05) is 43.5 Å². The number of nitrogens with zero attached hydrogens (tertiary/aromatic N) is 3. The monoisotopic (exact) mass is 406 g/mol. The van der Waals surface area contributed by atoms with Gasteiger partial charge in [-0.3, -0.25) is 20.0 Å². The van der Waals surface area contributed by atoms with Crippen LogP contribution >= 0.6 is 0 Å². The Morgan fingerprint density at radius 3 is 2.50 bits per heavy atom. The van der Waals surface area contributed by atoms with E-state index < -0.39 is 4.92 Å². The number of carbonyl (C=O) groups is 1. The predicted octanol–water partition coefficient (Wildman–Crippen LogP) is 3.88. The molecule has 1 amide bonds. The van der Waals surface area contributed by atoms with E-state index in [4.69, 9.17) is 4.74 Å². The number of nitro groups is 1. The Balaban J connectivity index is 1.80. The van der Waals surface area contributed by atoms with Gasteiger partial charge in [0.1, 0.15) is 5.69 Å². The van der Waals surface area contributed by atoms with E-state index in [0.29, 0.717) is 25.3 Å². The Morgan fingerprint density at radius 2 is 1.87 bits per heavy atom. The summed E-state index contributed by atoms with van der Waals surface area (Å²) in [4.78, 5) is 25.6. The lowest BCUT2D eigenvalue weighted by molar-refractivity contribution is -0.384. The average molecular weight is 406 g/mol. The van der Waals surface area contributed by atoms with Crippen LogP contribution in [0.1, 0.15) is 39.6 Å². The summed E-state index contributed by atoms with van der Waals surface area (Å²) in [5, 5.41) is 18.4. The highest BCUT2D eigenvalue weighted by Crippen LogP contribution is 2.43. The van der Waals surface area contributed by atoms with Crippen molar-refractivity contribution in [3.8, 4) is 11.3 Å². The minimum atomic E-state index is -0.430. The third kappa shape index (κ3) is 3.46. The first kappa shape index (κ1) is 19.8. The van der Waals surface area contributed by atoms with Gasteiger partial charge >= 0.3 is 0 Å². The summed E-state index contributed by atoms with van der Waals surface area (Å²) in [6, 6.07) is 14.0. The van der Waals surface area contributed by atoms with Crippen LogP contribution in [0.25, 0.3) is 11.3 Å². The molecular weight excluding hydrogens is 384 g/mol. The number of non-ortho nitro benzene ring substituents is 1. The molecule has 1 aliphatic heterocycles. The number of aromatic amines is 1. The van der Waals surface area contributed by atoms with Gasteiger partial charge in [-0.1, -0.05) is 29.8 Å². The van der Waals surface area contributed by atoms with Gasteiger partial charge in [-0.2, -0.15) is 5.10 Å². The zero-order valence-corrected chi connectivity index (χ0v) is 16.8. The predicted molar refractivity (Wildman–Crippen MR) is 111 cm³/mol. The molecule has 0 bridgehead atoms. The van der Waals surface area contributed by atoms with E-state index in [2.05, 4.69) is 10.2 Å². The third-order valence-electron chi connectivity index (χ3n) is 5.36. The van der Waals surface area contributed by atoms with E-state index in [9.17, 15) is 14.9 Å². The number of benzene rings is 2. The van der Waals surface area contributed by atoms with Gasteiger partial charge in [0.25, 0.3) is 11.6 Å². The summed E-state index contributed by atoms with van der Waals surface area (Å²) in [6.45, 7) is 3.05. The van der Waals surface area contributed by atoms with Crippen molar-refractivity contribution in [3.63, 3.8) is 0 Å². The van der Waals surface area contributed by atoms with E-state index in [1.807, 2.05) is 31.2 Å². The second-order valence-electron chi connectivity index (χ2n) is 7.32. The second-order valence-corrected chi connectivity index (χ2v) is 7.32. The fourth-order valence-corrected chi connectivity index (χ4v) is 3.86. The Bertz CT molecular complexity index is 1070. The molecule has 0 aliphatic carbocycles. The molecule has 1 unspecified atom stereocenters. The minimum Gasteiger partial charge on any atom is -0.385 e. The van der Waals surface area contributed by atoms with Crippen LogP contribution in [-0.2, 0) is 4.74 Å². The number of aromatic nitrogens is 2. The van der Waals surface area contributed by atoms with E-state index in [1.165, 1.54) is 12.1 Å². The first-order valence-electron chi connectivity index (χ1n) is 9.71. The van der Waals surface area contributed by atoms with Gasteiger partial charge in [0.15, 0.2) is 0 Å². The highest BCUT2D eigenvalue weighted by Gasteiger charge is 2.41. The van der Waals surface area contributed by atoms with E-state index >= 15 is 0 Å². The van der Waals surface area contributed by atoms with Crippen molar-refractivity contribution in [3.05, 3.63) is 81.0 Å². The van der Waals surface area contributed by atoms with Gasteiger partial charge in [0.05, 0.1) is 16.7 Å². The third-order valence-corrected chi connectivity index (χ3v) is 5.36. The molecule has 0 fully saturated rings. The number of H-pyrrole nitrogens is 1. The zero-order chi connectivity index (χ0) is 21.3. The maximum atomic E-state index is 13.2. The van der Waals surface area contributed by atoms with Crippen molar-refractivity contribution >= 4 is 11.6 Å². The van der Waals surface area contributed by atoms with Gasteiger partial charge in [0.2, 0.25) is 0 Å². The van der Waals surface area contributed by atoms with Crippen LogP contribution in [0, 0.1) is 17.0 Å². The van der Waals surface area contributed by atoms with Gasteiger partial charge in [-0.25, -0.2) is 0 Å². The number of nitro benzene ring substituents is 1. The molecule has 2 heterocycles. The number of carbonyl (C=O) groups excluding carboxylic acids is 1. The molecule has 154 valence electrons. The quantitative estimate of drug-likeness (QED) is 0.365. The van der Waals surface area contributed by atoms with E-state index in [-0.39, 0.29) is 17.6 Å². The van der Waals surface area contributed by atoms with Crippen molar-refractivity contribution in [1.82, 2.24) is 15.1 Å². The maximum Gasteiger partial charge on any atom is 0.273 e. The minimum absolute atomic E-state index is 0.0141. The first-order valence-corrected chi connectivity index (χ1v) is 9.71. The van der Waals surface area contributed by atoms with Crippen LogP contribution < -0.4 is 0 Å². The fourth-order valence-electron chi connectivity index (χ4n) is 3.86. The summed E-state index contributed by atoms with van der Waals surface area (Å²) in [6.07, 6.45) is 0.684. The van der Waals surface area contributed by atoms with Crippen LogP contribution in [0.3, 0.4) is 0 Å². The summed E-state index contributed by atoms with van der Waals surface area (Å²) in [5.74, 6) is -0.129. The summed E-state index contributed by atoms with van der Waals surface area (Å²) < 4.78 is 5.15. The van der Waals surface area contributed by atoms with Crippen molar-refractivity contribution < 1.29 is 14.5 Å². The number of amides is 1. The molecule has 3 aromatic rings. The SMILES string of the molecule is COCCCN1C(=O)c2[nH]nc(-c3ccc(C)cc3)c2C1c1ccc([N+](=O)[O-])cc1. The molecule has 0 radical (unpaired) electrons. The lowest BCUT2D eigenvalue weighted by atomic mass is 9.95. The number of methoxy groups -OCH3 is 1. The van der Waals surface area contributed by atoms with Crippen LogP contribution in [0.2, 0.25) is 0 Å². The Kier molecular flexibility index (Phi) is 5.33. The Labute approximate surface area is 173 Å². The molecule has 1 aromatic heterocycles. The van der Waals surface area contributed by atoms with Gasteiger partial charge < -0.3 is 9.64 Å². The van der Waals surface area contributed by atoms with Crippen LogP contribution in [0.5, 0.6) is 0 Å². The topological polar surface area (TPSA) is 101 Å². The van der Waals surface area contributed by atoms with Crippen molar-refractivity contribution in [2.45, 2.75) is 19.4 Å². The van der Waals surface area contributed by atoms with Crippen LogP contribution in [-0.4, -0.2) is 46.2 Å². The number of hydrogen-bond acceptors (Lipinski definition) is 5. The second kappa shape index (κ2) is 8.08. The number of ether oxygens (including phenoxy) is 1. The van der Waals surface area contributed by atoms with Crippen molar-refractivity contribution in [1.29, 1.82) is 0 Å². The fraction of sp³-hybridized carbons (Fsp3) is 0.273. The zero-order valence-electron chi connectivity index (χ0n) is 16.8. The lowest BCUT2D eigenvalue weighted by Crippen LogP contribution is -2.31. The normalized spacial score (nSPS) is 15.5. The lowest BCUT2D eigenvalue weighted by Gasteiger charge is -2.26. The number of fused-ring (bicyclic) bond motifs is 1. The number of rotatable bonds is 7. The molecule has 2 aromatic carbocycles. The van der Waals surface area contributed by atoms with Gasteiger partial charge in [-0.05, 0) is 31.0 Å². The summed E-state index contributed by atoms with van der Waals surface area (Å²) in [5.41, 5.74) is 4.85. The molecule has 4 rings (SSSR count). The molecule has 1 atom stereocenters. The molecule has 8 nitrogen and oxygen atoms in total. The highest BCUT2D eigenvalue weighted by atomic mass is 16.6. The van der Waals surface area contributed by atoms with Crippen LogP contribution in [0.15, 0.2) is 48.5 Å². The average Bonchev–Trinajstić information content (AvgIpc) is 3.28. The van der Waals surface area contributed by atoms with Crippen molar-refractivity contribution in [2.75, 3.05) is 20.3 Å². The van der Waals surface area contributed by atoms with Crippen LogP contribution in [0.4, 0.5) is 5.69 Å². The Morgan fingerprint density at radius 1 is 1.17 bits per heavy atom. The van der Waals surface area contributed by atoms with E-state index in [0.717, 1.165) is 27.9 Å². The number of nitrogens with one attached hydrogen (secondary N) is 1. The summed E-state index contributed by atoms with van der Waals surface area (Å²) in [7, 11) is 1.63. The molecule has 0 spiro atoms. The molecule has 0 saturated heterocycles. The highest BCUT2D eigenvalue weighted by molar-refractivity contribution is 6.00. The largest absolute Gasteiger partial charge is 0.385 e.